The molecule has 0 rings (SSSR count). The van der Waals surface area contributed by atoms with Gasteiger partial charge in [-0.3, -0.25) is 0 Å². The van der Waals surface area contributed by atoms with Gasteiger partial charge in [-0.2, -0.15) is 0 Å². The fourth-order valence-electron chi connectivity index (χ4n) is 1.24. The lowest BCUT2D eigenvalue weighted by molar-refractivity contribution is 0.432. The molecule has 5 heteroatoms. The second-order valence-corrected chi connectivity index (χ2v) is 7.59. The predicted molar refractivity (Wildman–Crippen MR) is 64.2 cm³/mol. The predicted octanol–water partition coefficient (Wildman–Crippen LogP) is 1.18. The number of unbranched alkanes of at least 4 members (excludes halogenated alkanes) is 2. The molecular formula is C10H24N2O2S. The first-order valence-corrected chi connectivity index (χ1v) is 6.83. The average Bonchev–Trinajstić information content (AvgIpc) is 2.10. The van der Waals surface area contributed by atoms with Crippen LogP contribution in [-0.4, -0.2) is 37.6 Å². The Labute approximate surface area is 93.9 Å². The van der Waals surface area contributed by atoms with Crippen molar-refractivity contribution in [2.45, 2.75) is 44.8 Å². The van der Waals surface area contributed by atoms with Crippen LogP contribution in [0.4, 0.5) is 0 Å². The third-order valence-electron chi connectivity index (χ3n) is 2.36. The number of rotatable bonds is 6. The van der Waals surface area contributed by atoms with E-state index in [4.69, 9.17) is 5.73 Å². The van der Waals surface area contributed by atoms with Crippen molar-refractivity contribution in [3.8, 4) is 0 Å². The van der Waals surface area contributed by atoms with Crippen molar-refractivity contribution in [3.63, 3.8) is 0 Å². The number of hydrogen-bond acceptors (Lipinski definition) is 3. The third-order valence-corrected chi connectivity index (χ3v) is 4.91. The van der Waals surface area contributed by atoms with E-state index in [9.17, 15) is 8.42 Å². The summed E-state index contributed by atoms with van der Waals surface area (Å²) in [6.45, 7) is 6.42. The average molecular weight is 236 g/mol. The van der Waals surface area contributed by atoms with E-state index in [-0.39, 0.29) is 0 Å². The number of hydrogen-bond donors (Lipinski definition) is 1. The van der Waals surface area contributed by atoms with Crippen molar-refractivity contribution in [1.82, 2.24) is 4.31 Å². The molecule has 0 aromatic carbocycles. The van der Waals surface area contributed by atoms with Gasteiger partial charge in [0.25, 0.3) is 0 Å². The zero-order valence-electron chi connectivity index (χ0n) is 10.3. The summed E-state index contributed by atoms with van der Waals surface area (Å²) >= 11 is 0. The molecule has 0 aromatic heterocycles. The van der Waals surface area contributed by atoms with E-state index in [2.05, 4.69) is 0 Å². The molecule has 0 heterocycles. The van der Waals surface area contributed by atoms with Gasteiger partial charge in [0.05, 0.1) is 4.75 Å². The third kappa shape index (κ3) is 4.49. The molecule has 0 fully saturated rings. The zero-order valence-corrected chi connectivity index (χ0v) is 11.1. The Balaban J connectivity index is 4.16. The maximum atomic E-state index is 11.9. The molecule has 0 saturated heterocycles. The molecule has 0 aliphatic heterocycles. The molecular weight excluding hydrogens is 212 g/mol. The van der Waals surface area contributed by atoms with Crippen LogP contribution in [0.25, 0.3) is 0 Å². The number of nitrogens with zero attached hydrogens (tertiary/aromatic N) is 1. The fourth-order valence-corrected chi connectivity index (χ4v) is 2.55. The summed E-state index contributed by atoms with van der Waals surface area (Å²) in [7, 11) is -1.52. The lowest BCUT2D eigenvalue weighted by atomic mass is 10.2. The maximum Gasteiger partial charge on any atom is 0.218 e. The summed E-state index contributed by atoms with van der Waals surface area (Å²) < 4.78 is 24.6. The largest absolute Gasteiger partial charge is 0.330 e. The normalized spacial score (nSPS) is 13.5. The van der Waals surface area contributed by atoms with Crippen LogP contribution < -0.4 is 5.73 Å². The first kappa shape index (κ1) is 14.9. The minimum atomic E-state index is -3.16. The van der Waals surface area contributed by atoms with E-state index in [1.54, 1.807) is 27.8 Å². The molecule has 4 nitrogen and oxygen atoms in total. The Morgan fingerprint density at radius 2 is 1.67 bits per heavy atom. The minimum Gasteiger partial charge on any atom is -0.330 e. The van der Waals surface area contributed by atoms with Crippen LogP contribution in [-0.2, 0) is 10.0 Å². The van der Waals surface area contributed by atoms with Crippen LogP contribution in [0.5, 0.6) is 0 Å². The van der Waals surface area contributed by atoms with Gasteiger partial charge in [-0.25, -0.2) is 12.7 Å². The molecule has 0 atom stereocenters. The highest BCUT2D eigenvalue weighted by Crippen LogP contribution is 2.19. The van der Waals surface area contributed by atoms with Crippen LogP contribution in [0.3, 0.4) is 0 Å². The topological polar surface area (TPSA) is 63.4 Å². The molecule has 0 saturated carbocycles. The fraction of sp³-hybridized carbons (Fsp3) is 1.00. The second-order valence-electron chi connectivity index (χ2n) is 4.79. The van der Waals surface area contributed by atoms with Gasteiger partial charge in [0.15, 0.2) is 0 Å². The molecule has 0 amide bonds. The van der Waals surface area contributed by atoms with Gasteiger partial charge in [0, 0.05) is 13.6 Å². The summed E-state index contributed by atoms with van der Waals surface area (Å²) in [5.41, 5.74) is 5.37. The molecule has 0 unspecified atom stereocenters. The maximum absolute atomic E-state index is 11.9. The lowest BCUT2D eigenvalue weighted by Gasteiger charge is -2.26. The molecule has 0 spiro atoms. The van der Waals surface area contributed by atoms with Crippen LogP contribution in [0.2, 0.25) is 0 Å². The highest BCUT2D eigenvalue weighted by molar-refractivity contribution is 7.90. The highest BCUT2D eigenvalue weighted by Gasteiger charge is 2.32. The highest BCUT2D eigenvalue weighted by atomic mass is 32.2. The van der Waals surface area contributed by atoms with E-state index >= 15 is 0 Å². The molecule has 92 valence electrons. The van der Waals surface area contributed by atoms with E-state index < -0.39 is 14.8 Å². The number of nitrogens with two attached hydrogens (primary N) is 1. The standard InChI is InChI=1S/C10H24N2O2S/c1-10(2,3)15(13,14)12(4)9-7-5-6-8-11/h5-9,11H2,1-4H3. The summed E-state index contributed by atoms with van der Waals surface area (Å²) in [6, 6.07) is 0. The van der Waals surface area contributed by atoms with Gasteiger partial charge < -0.3 is 5.73 Å². The molecule has 0 radical (unpaired) electrons. The van der Waals surface area contributed by atoms with E-state index in [0.29, 0.717) is 13.1 Å². The Morgan fingerprint density at radius 3 is 2.07 bits per heavy atom. The van der Waals surface area contributed by atoms with Crippen molar-refractivity contribution in [2.24, 2.45) is 5.73 Å². The molecule has 0 bridgehead atoms. The van der Waals surface area contributed by atoms with Gasteiger partial charge >= 0.3 is 0 Å². The minimum absolute atomic E-state index is 0.583. The van der Waals surface area contributed by atoms with Crippen molar-refractivity contribution in [3.05, 3.63) is 0 Å². The summed E-state index contributed by atoms with van der Waals surface area (Å²) in [4.78, 5) is 0. The number of sulfonamides is 1. The van der Waals surface area contributed by atoms with Crippen LogP contribution >= 0.6 is 0 Å². The smallest absolute Gasteiger partial charge is 0.218 e. The van der Waals surface area contributed by atoms with Crippen LogP contribution in [0.1, 0.15) is 40.0 Å². The van der Waals surface area contributed by atoms with Gasteiger partial charge in [0.2, 0.25) is 10.0 Å². The Morgan fingerprint density at radius 1 is 1.13 bits per heavy atom. The zero-order chi connectivity index (χ0) is 12.1. The second kappa shape index (κ2) is 5.82. The van der Waals surface area contributed by atoms with Crippen LogP contribution in [0, 0.1) is 0 Å². The monoisotopic (exact) mass is 236 g/mol. The Bertz CT molecular complexity index is 268. The van der Waals surface area contributed by atoms with Crippen molar-refractivity contribution in [1.29, 1.82) is 0 Å². The van der Waals surface area contributed by atoms with Gasteiger partial charge in [-0.1, -0.05) is 6.42 Å². The Kier molecular flexibility index (Phi) is 5.77. The molecule has 0 aliphatic rings. The summed E-state index contributed by atoms with van der Waals surface area (Å²) in [6.07, 6.45) is 2.83. The van der Waals surface area contributed by atoms with E-state index in [1.807, 2.05) is 0 Å². The lowest BCUT2D eigenvalue weighted by Crippen LogP contribution is -2.41. The summed E-state index contributed by atoms with van der Waals surface area (Å²) in [5.74, 6) is 0. The molecule has 2 N–H and O–H groups in total. The van der Waals surface area contributed by atoms with Gasteiger partial charge in [-0.15, -0.1) is 0 Å². The van der Waals surface area contributed by atoms with E-state index in [0.717, 1.165) is 19.3 Å². The first-order valence-electron chi connectivity index (χ1n) is 5.39. The Hall–Kier alpha value is -0.130. The quantitative estimate of drug-likeness (QED) is 0.704. The SMILES string of the molecule is CN(CCCCCN)S(=O)(=O)C(C)(C)C. The van der Waals surface area contributed by atoms with E-state index in [1.165, 1.54) is 4.31 Å². The van der Waals surface area contributed by atoms with Gasteiger partial charge in [0.1, 0.15) is 0 Å². The molecule has 0 aliphatic carbocycles. The van der Waals surface area contributed by atoms with Crippen molar-refractivity contribution >= 4 is 10.0 Å². The summed E-state index contributed by atoms with van der Waals surface area (Å²) in [5, 5.41) is 0. The van der Waals surface area contributed by atoms with Crippen molar-refractivity contribution < 1.29 is 8.42 Å². The van der Waals surface area contributed by atoms with Gasteiger partial charge in [-0.05, 0) is 40.2 Å². The molecule has 0 aromatic rings. The first-order chi connectivity index (χ1) is 6.73. The molecule has 15 heavy (non-hydrogen) atoms. The van der Waals surface area contributed by atoms with Crippen molar-refractivity contribution in [2.75, 3.05) is 20.1 Å². The van der Waals surface area contributed by atoms with Crippen LogP contribution in [0.15, 0.2) is 0 Å².